The smallest absolute Gasteiger partial charge is 0.325 e. The fraction of sp³-hybridized carbons (Fsp3) is 0.222. The van der Waals surface area contributed by atoms with Gasteiger partial charge in [-0.15, -0.1) is 0 Å². The van der Waals surface area contributed by atoms with Crippen molar-refractivity contribution in [2.75, 3.05) is 11.9 Å². The maximum absolute atomic E-state index is 13.5. The van der Waals surface area contributed by atoms with E-state index in [0.29, 0.717) is 0 Å². The molecule has 1 aliphatic heterocycles. The molecule has 1 N–H and O–H groups in total. The summed E-state index contributed by atoms with van der Waals surface area (Å²) in [6.07, 6.45) is -4.55. The first-order valence-corrected chi connectivity index (χ1v) is 11.3. The second kappa shape index (κ2) is 7.53. The first-order chi connectivity index (χ1) is 16.8. The van der Waals surface area contributed by atoms with Crippen LogP contribution in [0.5, 0.6) is 0 Å². The number of hydrogen-bond donors (Lipinski definition) is 1. The molecule has 1 saturated heterocycles. The van der Waals surface area contributed by atoms with Crippen molar-refractivity contribution in [2.24, 2.45) is 11.8 Å². The van der Waals surface area contributed by atoms with Crippen LogP contribution in [0.3, 0.4) is 0 Å². The molecule has 0 aromatic heterocycles. The lowest BCUT2D eigenvalue weighted by atomic mass is 9.55. The van der Waals surface area contributed by atoms with Crippen LogP contribution in [0.15, 0.2) is 72.8 Å². The number of anilines is 1. The molecule has 2 atom stereocenters. The molecule has 35 heavy (non-hydrogen) atoms. The summed E-state index contributed by atoms with van der Waals surface area (Å²) in [5.74, 6) is -3.36. The highest BCUT2D eigenvalue weighted by atomic mass is 19.4. The molecule has 2 bridgehead atoms. The van der Waals surface area contributed by atoms with Crippen LogP contribution in [0.1, 0.15) is 39.7 Å². The van der Waals surface area contributed by atoms with E-state index in [1.54, 1.807) is 0 Å². The number of amides is 3. The number of nitrogens with one attached hydrogen (secondary N) is 1. The summed E-state index contributed by atoms with van der Waals surface area (Å²) in [7, 11) is 0. The van der Waals surface area contributed by atoms with Crippen molar-refractivity contribution in [3.05, 3.63) is 101 Å². The van der Waals surface area contributed by atoms with E-state index in [1.807, 2.05) is 48.5 Å². The van der Waals surface area contributed by atoms with E-state index in [4.69, 9.17) is 0 Å². The van der Waals surface area contributed by atoms with Gasteiger partial charge in [0, 0.05) is 17.5 Å². The van der Waals surface area contributed by atoms with Crippen LogP contribution in [0.4, 0.5) is 18.9 Å². The largest absolute Gasteiger partial charge is 0.416 e. The highest BCUT2D eigenvalue weighted by Crippen LogP contribution is 2.60. The van der Waals surface area contributed by atoms with Crippen LogP contribution >= 0.6 is 0 Å². The molecule has 3 aromatic carbocycles. The Morgan fingerprint density at radius 3 is 1.71 bits per heavy atom. The third-order valence-corrected chi connectivity index (χ3v) is 7.32. The number of likely N-dealkylation sites (tertiary alicyclic amines) is 1. The molecular formula is C27H19F3N2O3. The van der Waals surface area contributed by atoms with Gasteiger partial charge in [-0.3, -0.25) is 19.3 Å². The van der Waals surface area contributed by atoms with Crippen molar-refractivity contribution in [3.63, 3.8) is 0 Å². The maximum atomic E-state index is 13.5. The van der Waals surface area contributed by atoms with Gasteiger partial charge in [-0.1, -0.05) is 54.6 Å². The van der Waals surface area contributed by atoms with Crippen molar-refractivity contribution in [1.82, 2.24) is 4.90 Å². The Kier molecular flexibility index (Phi) is 4.64. The molecule has 0 spiro atoms. The number of benzene rings is 3. The monoisotopic (exact) mass is 476 g/mol. The fourth-order valence-corrected chi connectivity index (χ4v) is 6.01. The Morgan fingerprint density at radius 2 is 1.26 bits per heavy atom. The minimum absolute atomic E-state index is 0.0544. The van der Waals surface area contributed by atoms with E-state index in [-0.39, 0.29) is 17.5 Å². The third-order valence-electron chi connectivity index (χ3n) is 7.32. The minimum Gasteiger partial charge on any atom is -0.325 e. The lowest BCUT2D eigenvalue weighted by Crippen LogP contribution is -2.41. The summed E-state index contributed by atoms with van der Waals surface area (Å²) in [5.41, 5.74) is 3.13. The zero-order valence-corrected chi connectivity index (χ0v) is 18.3. The maximum Gasteiger partial charge on any atom is 0.416 e. The van der Waals surface area contributed by atoms with E-state index in [2.05, 4.69) is 5.32 Å². The van der Waals surface area contributed by atoms with Crippen molar-refractivity contribution >= 4 is 23.4 Å². The van der Waals surface area contributed by atoms with Crippen LogP contribution in [0, 0.1) is 11.8 Å². The number of alkyl halides is 3. The van der Waals surface area contributed by atoms with E-state index in [0.717, 1.165) is 39.3 Å². The molecule has 3 amide bonds. The molecule has 1 heterocycles. The van der Waals surface area contributed by atoms with Gasteiger partial charge in [-0.25, -0.2) is 0 Å². The van der Waals surface area contributed by atoms with Gasteiger partial charge in [0.2, 0.25) is 17.7 Å². The third kappa shape index (κ3) is 3.20. The molecule has 0 saturated carbocycles. The molecular weight excluding hydrogens is 457 g/mol. The molecule has 0 radical (unpaired) electrons. The van der Waals surface area contributed by atoms with Crippen LogP contribution < -0.4 is 5.32 Å². The molecule has 1 fully saturated rings. The van der Waals surface area contributed by atoms with Crippen LogP contribution in [-0.2, 0) is 20.6 Å². The van der Waals surface area contributed by atoms with E-state index >= 15 is 0 Å². The number of halogens is 3. The first-order valence-electron chi connectivity index (χ1n) is 11.3. The SMILES string of the molecule is O=C(CN1C(=O)C2C3c4ccccc4C(c4ccccc43)C2C1=O)Nc1cccc(C(F)(F)F)c1. The van der Waals surface area contributed by atoms with Crippen LogP contribution in [0.2, 0.25) is 0 Å². The van der Waals surface area contributed by atoms with Gasteiger partial charge in [0.25, 0.3) is 0 Å². The molecule has 8 heteroatoms. The molecule has 3 aromatic rings. The van der Waals surface area contributed by atoms with Gasteiger partial charge >= 0.3 is 6.18 Å². The van der Waals surface area contributed by atoms with Gasteiger partial charge in [0.05, 0.1) is 17.4 Å². The number of carbonyl (C=O) groups is 3. The summed E-state index contributed by atoms with van der Waals surface area (Å²) in [5, 5.41) is 2.39. The second-order valence-electron chi connectivity index (χ2n) is 9.15. The van der Waals surface area contributed by atoms with E-state index in [9.17, 15) is 27.6 Å². The summed E-state index contributed by atoms with van der Waals surface area (Å²) in [6.45, 7) is -0.549. The Hall–Kier alpha value is -3.94. The predicted molar refractivity (Wildman–Crippen MR) is 120 cm³/mol. The fourth-order valence-electron chi connectivity index (χ4n) is 6.01. The van der Waals surface area contributed by atoms with Crippen molar-refractivity contribution in [3.8, 4) is 0 Å². The average molecular weight is 476 g/mol. The van der Waals surface area contributed by atoms with Gasteiger partial charge in [-0.05, 0) is 40.5 Å². The number of hydrogen-bond acceptors (Lipinski definition) is 3. The predicted octanol–water partition coefficient (Wildman–Crippen LogP) is 4.54. The number of rotatable bonds is 3. The molecule has 7 rings (SSSR count). The van der Waals surface area contributed by atoms with Gasteiger partial charge in [0.1, 0.15) is 6.54 Å². The molecule has 2 unspecified atom stereocenters. The lowest BCUT2D eigenvalue weighted by molar-refractivity contribution is -0.142. The van der Waals surface area contributed by atoms with Crippen molar-refractivity contribution < 1.29 is 27.6 Å². The molecule has 176 valence electrons. The first kappa shape index (κ1) is 21.6. The summed E-state index contributed by atoms with van der Waals surface area (Å²) in [4.78, 5) is 40.7. The second-order valence-corrected chi connectivity index (χ2v) is 9.15. The summed E-state index contributed by atoms with van der Waals surface area (Å²) in [6, 6.07) is 19.8. The standard InChI is InChI=1S/C27H19F3N2O3/c28-27(29,30)14-6-5-7-15(12-14)31-20(33)13-32-25(34)23-21-16-8-1-2-9-17(16)22(24(23)26(32)35)19-11-4-3-10-18(19)21/h1-12,21-24H,13H2,(H,31,33). The normalized spacial score (nSPS) is 24.1. The Balaban J connectivity index is 1.30. The number of carbonyl (C=O) groups excluding carboxylic acids is 3. The molecule has 3 aliphatic carbocycles. The van der Waals surface area contributed by atoms with Gasteiger partial charge in [0.15, 0.2) is 0 Å². The lowest BCUT2D eigenvalue weighted by Gasteiger charge is -2.45. The van der Waals surface area contributed by atoms with Gasteiger partial charge < -0.3 is 5.32 Å². The van der Waals surface area contributed by atoms with E-state index < -0.39 is 47.8 Å². The topological polar surface area (TPSA) is 66.5 Å². The molecule has 5 nitrogen and oxygen atoms in total. The Morgan fingerprint density at radius 1 is 0.771 bits per heavy atom. The summed E-state index contributed by atoms with van der Waals surface area (Å²) < 4.78 is 39.0. The Bertz CT molecular complexity index is 1280. The minimum atomic E-state index is -4.55. The van der Waals surface area contributed by atoms with Crippen LogP contribution in [0.25, 0.3) is 0 Å². The number of nitrogens with zero attached hydrogens (tertiary/aromatic N) is 1. The van der Waals surface area contributed by atoms with Crippen molar-refractivity contribution in [1.29, 1.82) is 0 Å². The number of imide groups is 1. The van der Waals surface area contributed by atoms with Crippen molar-refractivity contribution in [2.45, 2.75) is 18.0 Å². The Labute approximate surface area is 198 Å². The quantitative estimate of drug-likeness (QED) is 0.565. The zero-order chi connectivity index (χ0) is 24.5. The van der Waals surface area contributed by atoms with Crippen LogP contribution in [-0.4, -0.2) is 29.2 Å². The zero-order valence-electron chi connectivity index (χ0n) is 18.3. The highest BCUT2D eigenvalue weighted by Gasteiger charge is 2.61. The van der Waals surface area contributed by atoms with Gasteiger partial charge in [-0.2, -0.15) is 13.2 Å². The highest BCUT2D eigenvalue weighted by molar-refractivity contribution is 6.10. The summed E-state index contributed by atoms with van der Waals surface area (Å²) >= 11 is 0. The van der Waals surface area contributed by atoms with E-state index in [1.165, 1.54) is 12.1 Å². The average Bonchev–Trinajstić information content (AvgIpc) is 3.09. The molecule has 4 aliphatic rings.